The van der Waals surface area contributed by atoms with Gasteiger partial charge in [-0.05, 0) is 25.5 Å². The summed E-state index contributed by atoms with van der Waals surface area (Å²) < 4.78 is 19.4. The fourth-order valence-corrected chi connectivity index (χ4v) is 3.07. The molecule has 1 fully saturated rings. The van der Waals surface area contributed by atoms with Crippen molar-refractivity contribution in [2.75, 3.05) is 25.2 Å². The van der Waals surface area contributed by atoms with E-state index >= 15 is 0 Å². The number of rotatable bonds is 3. The molecule has 0 bridgehead atoms. The molecule has 21 heavy (non-hydrogen) atoms. The molecule has 0 saturated carbocycles. The first-order chi connectivity index (χ1) is 10.1. The van der Waals surface area contributed by atoms with E-state index in [9.17, 15) is 9.50 Å². The van der Waals surface area contributed by atoms with E-state index in [4.69, 9.17) is 4.74 Å². The lowest BCUT2D eigenvalue weighted by molar-refractivity contribution is 0.115. The molecule has 5 heteroatoms. The molecule has 0 unspecified atom stereocenters. The summed E-state index contributed by atoms with van der Waals surface area (Å²) in [5.74, 6) is -0.319. The lowest BCUT2D eigenvalue weighted by Crippen LogP contribution is -2.32. The minimum atomic E-state index is -0.319. The van der Waals surface area contributed by atoms with Gasteiger partial charge in [0.25, 0.3) is 0 Å². The Morgan fingerprint density at radius 3 is 3.00 bits per heavy atom. The number of aryl methyl sites for hydroxylation is 1. The summed E-state index contributed by atoms with van der Waals surface area (Å²) in [6, 6.07) is 6.92. The van der Waals surface area contributed by atoms with Gasteiger partial charge in [-0.2, -0.15) is 0 Å². The first kappa shape index (κ1) is 14.2. The van der Waals surface area contributed by atoms with Crippen LogP contribution < -0.4 is 4.90 Å². The highest BCUT2D eigenvalue weighted by atomic mass is 19.1. The Hall–Kier alpha value is -1.72. The summed E-state index contributed by atoms with van der Waals surface area (Å²) in [5, 5.41) is 10.4. The number of aliphatic hydroxyl groups excluding tert-OH is 1. The predicted molar refractivity (Wildman–Crippen MR) is 80.1 cm³/mol. The number of para-hydroxylation sites is 1. The average molecular weight is 290 g/mol. The van der Waals surface area contributed by atoms with Gasteiger partial charge >= 0.3 is 0 Å². The normalized spacial score (nSPS) is 22.2. The van der Waals surface area contributed by atoms with E-state index in [0.717, 1.165) is 23.2 Å². The zero-order valence-electron chi connectivity index (χ0n) is 12.2. The number of pyridine rings is 1. The minimum Gasteiger partial charge on any atom is -0.394 e. The Labute approximate surface area is 123 Å². The third-order valence-electron chi connectivity index (χ3n) is 4.13. The zero-order chi connectivity index (χ0) is 15.0. The number of methoxy groups -OCH3 is 1. The Morgan fingerprint density at radius 2 is 2.29 bits per heavy atom. The molecule has 3 rings (SSSR count). The van der Waals surface area contributed by atoms with Gasteiger partial charge in [-0.3, -0.25) is 0 Å². The van der Waals surface area contributed by atoms with Gasteiger partial charge in [-0.25, -0.2) is 9.37 Å². The molecule has 1 N–H and O–H groups in total. The second-order valence-corrected chi connectivity index (χ2v) is 5.50. The molecule has 0 amide bonds. The summed E-state index contributed by atoms with van der Waals surface area (Å²) in [5.41, 5.74) is 2.06. The van der Waals surface area contributed by atoms with Crippen molar-refractivity contribution >= 4 is 16.6 Å². The van der Waals surface area contributed by atoms with E-state index in [-0.39, 0.29) is 24.6 Å². The van der Waals surface area contributed by atoms with Crippen LogP contribution in [0.2, 0.25) is 0 Å². The third-order valence-corrected chi connectivity index (χ3v) is 4.13. The molecule has 0 aliphatic carbocycles. The topological polar surface area (TPSA) is 45.6 Å². The van der Waals surface area contributed by atoms with Crippen LogP contribution in [0.25, 0.3) is 10.9 Å². The zero-order valence-corrected chi connectivity index (χ0v) is 12.2. The first-order valence-electron chi connectivity index (χ1n) is 7.10. The van der Waals surface area contributed by atoms with Crippen molar-refractivity contribution in [2.24, 2.45) is 0 Å². The van der Waals surface area contributed by atoms with Crippen LogP contribution in [0, 0.1) is 12.7 Å². The maximum absolute atomic E-state index is 14.0. The maximum atomic E-state index is 14.0. The largest absolute Gasteiger partial charge is 0.394 e. The molecule has 1 aromatic carbocycles. The molecule has 2 atom stereocenters. The average Bonchev–Trinajstić information content (AvgIpc) is 2.91. The van der Waals surface area contributed by atoms with Crippen molar-refractivity contribution in [1.82, 2.24) is 4.98 Å². The Balaban J connectivity index is 2.13. The number of fused-ring (bicyclic) bond motifs is 1. The van der Waals surface area contributed by atoms with Gasteiger partial charge in [-0.15, -0.1) is 0 Å². The Bertz CT molecular complexity index is 662. The molecular weight excluding hydrogens is 271 g/mol. The number of aliphatic hydroxyl groups is 1. The van der Waals surface area contributed by atoms with Crippen molar-refractivity contribution in [2.45, 2.75) is 25.5 Å². The van der Waals surface area contributed by atoms with Crippen LogP contribution in [0.4, 0.5) is 10.1 Å². The van der Waals surface area contributed by atoms with E-state index in [1.165, 1.54) is 6.07 Å². The van der Waals surface area contributed by atoms with Crippen LogP contribution >= 0.6 is 0 Å². The number of halogens is 1. The molecule has 1 aliphatic heterocycles. The highest BCUT2D eigenvalue weighted by molar-refractivity contribution is 5.92. The van der Waals surface area contributed by atoms with E-state index in [1.807, 2.05) is 19.1 Å². The van der Waals surface area contributed by atoms with Crippen molar-refractivity contribution in [3.63, 3.8) is 0 Å². The lowest BCUT2D eigenvalue weighted by atomic mass is 10.1. The fraction of sp³-hybridized carbons (Fsp3) is 0.438. The van der Waals surface area contributed by atoms with Gasteiger partial charge in [0, 0.05) is 30.4 Å². The molecular formula is C16H19FN2O2. The number of ether oxygens (including phenoxy) is 1. The SMILES string of the molecule is CO[C@@H]1C[C@@H](CO)N(c2cc(C)nc3c(F)cccc23)C1. The van der Waals surface area contributed by atoms with Gasteiger partial charge in [0.1, 0.15) is 11.3 Å². The first-order valence-corrected chi connectivity index (χ1v) is 7.10. The van der Waals surface area contributed by atoms with Crippen molar-refractivity contribution in [3.8, 4) is 0 Å². The van der Waals surface area contributed by atoms with Gasteiger partial charge in [0.2, 0.25) is 0 Å². The summed E-state index contributed by atoms with van der Waals surface area (Å²) >= 11 is 0. The van der Waals surface area contributed by atoms with Gasteiger partial charge in [0.15, 0.2) is 0 Å². The Kier molecular flexibility index (Phi) is 3.78. The molecule has 1 aromatic heterocycles. The number of hydrogen-bond donors (Lipinski definition) is 1. The number of nitrogens with zero attached hydrogens (tertiary/aromatic N) is 2. The third kappa shape index (κ3) is 2.47. The van der Waals surface area contributed by atoms with Crippen LogP contribution in [-0.2, 0) is 4.74 Å². The highest BCUT2D eigenvalue weighted by Crippen LogP contribution is 2.33. The smallest absolute Gasteiger partial charge is 0.149 e. The molecule has 2 heterocycles. The van der Waals surface area contributed by atoms with Crippen molar-refractivity contribution in [1.29, 1.82) is 0 Å². The maximum Gasteiger partial charge on any atom is 0.149 e. The van der Waals surface area contributed by atoms with Gasteiger partial charge < -0.3 is 14.7 Å². The number of benzene rings is 1. The number of hydrogen-bond acceptors (Lipinski definition) is 4. The second kappa shape index (κ2) is 5.58. The summed E-state index contributed by atoms with van der Waals surface area (Å²) in [6.45, 7) is 2.60. The number of aromatic nitrogens is 1. The van der Waals surface area contributed by atoms with Crippen LogP contribution in [0.5, 0.6) is 0 Å². The molecule has 2 aromatic rings. The van der Waals surface area contributed by atoms with Crippen LogP contribution in [0.3, 0.4) is 0 Å². The molecule has 0 radical (unpaired) electrons. The van der Waals surface area contributed by atoms with Crippen molar-refractivity contribution in [3.05, 3.63) is 35.8 Å². The van der Waals surface area contributed by atoms with E-state index in [1.54, 1.807) is 13.2 Å². The van der Waals surface area contributed by atoms with Gasteiger partial charge in [0.05, 0.1) is 18.8 Å². The molecule has 112 valence electrons. The summed E-state index contributed by atoms with van der Waals surface area (Å²) in [4.78, 5) is 6.40. The van der Waals surface area contributed by atoms with E-state index in [2.05, 4.69) is 9.88 Å². The highest BCUT2D eigenvalue weighted by Gasteiger charge is 2.33. The molecule has 0 spiro atoms. The lowest BCUT2D eigenvalue weighted by Gasteiger charge is -2.26. The van der Waals surface area contributed by atoms with Crippen LogP contribution in [-0.4, -0.2) is 42.5 Å². The standard InChI is InChI=1S/C16H19FN2O2/c1-10-6-15(13-4-3-5-14(17)16(13)18-10)19-8-12(21-2)7-11(19)9-20/h3-6,11-12,20H,7-9H2,1-2H3/t11-,12+/m0/s1. The fourth-order valence-electron chi connectivity index (χ4n) is 3.07. The monoisotopic (exact) mass is 290 g/mol. The molecule has 1 aliphatic rings. The predicted octanol–water partition coefficient (Wildman–Crippen LogP) is 2.27. The second-order valence-electron chi connectivity index (χ2n) is 5.50. The van der Waals surface area contributed by atoms with Gasteiger partial charge in [-0.1, -0.05) is 12.1 Å². The van der Waals surface area contributed by atoms with Crippen LogP contribution in [0.1, 0.15) is 12.1 Å². The molecule has 1 saturated heterocycles. The number of anilines is 1. The van der Waals surface area contributed by atoms with Crippen molar-refractivity contribution < 1.29 is 14.2 Å². The quantitative estimate of drug-likeness (QED) is 0.942. The summed E-state index contributed by atoms with van der Waals surface area (Å²) in [7, 11) is 1.68. The molecule has 4 nitrogen and oxygen atoms in total. The van der Waals surface area contributed by atoms with Crippen LogP contribution in [0.15, 0.2) is 24.3 Å². The summed E-state index contributed by atoms with van der Waals surface area (Å²) in [6.07, 6.45) is 0.852. The minimum absolute atomic E-state index is 0.0109. The van der Waals surface area contributed by atoms with E-state index < -0.39 is 0 Å². The van der Waals surface area contributed by atoms with E-state index in [0.29, 0.717) is 12.1 Å². The Morgan fingerprint density at radius 1 is 1.48 bits per heavy atom.